The Morgan fingerprint density at radius 2 is 1.97 bits per heavy atom. The first kappa shape index (κ1) is 22.1. The highest BCUT2D eigenvalue weighted by atomic mass is 16.5. The maximum absolute atomic E-state index is 12.5. The Kier molecular flexibility index (Phi) is 5.72. The molecule has 1 aromatic rings. The van der Waals surface area contributed by atoms with Crippen LogP contribution in [0.15, 0.2) is 18.2 Å². The van der Waals surface area contributed by atoms with Crippen molar-refractivity contribution in [2.45, 2.75) is 84.5 Å². The molecule has 32 heavy (non-hydrogen) atoms. The number of aryl methyl sites for hydroxylation is 1. The second-order valence-corrected chi connectivity index (χ2v) is 12.0. The fraction of sp³-hybridized carbons (Fsp3) is 0.714. The van der Waals surface area contributed by atoms with Gasteiger partial charge in [0.1, 0.15) is 11.5 Å². The minimum absolute atomic E-state index is 0.0717. The number of benzene rings is 1. The number of Topliss-reactive ketones (excluding diaryl/α,β-unsaturated/α-hetero) is 1. The van der Waals surface area contributed by atoms with E-state index in [9.17, 15) is 9.59 Å². The van der Waals surface area contributed by atoms with Crippen LogP contribution in [0, 0.1) is 22.7 Å². The van der Waals surface area contributed by atoms with Crippen LogP contribution in [0.1, 0.15) is 89.2 Å². The van der Waals surface area contributed by atoms with Crippen LogP contribution in [0.5, 0.6) is 5.75 Å². The smallest absolute Gasteiger partial charge is 0.312 e. The molecule has 1 heterocycles. The Morgan fingerprint density at radius 3 is 2.78 bits per heavy atom. The van der Waals surface area contributed by atoms with Crippen molar-refractivity contribution in [3.63, 3.8) is 0 Å². The number of ether oxygens (including phenoxy) is 1. The number of hydrogen-bond acceptors (Lipinski definition) is 4. The van der Waals surface area contributed by atoms with Gasteiger partial charge in [0.05, 0.1) is 6.42 Å². The molecule has 5 rings (SSSR count). The number of carbonyl (C=O) groups excluding carboxylic acids is 2. The average Bonchev–Trinajstić information content (AvgIpc) is 3.06. The van der Waals surface area contributed by atoms with Gasteiger partial charge >= 0.3 is 5.97 Å². The summed E-state index contributed by atoms with van der Waals surface area (Å²) in [6.45, 7) is 9.79. The van der Waals surface area contributed by atoms with E-state index in [1.807, 2.05) is 6.07 Å². The van der Waals surface area contributed by atoms with Crippen LogP contribution in [-0.4, -0.2) is 36.3 Å². The van der Waals surface area contributed by atoms with Crippen molar-refractivity contribution in [3.8, 4) is 5.75 Å². The summed E-state index contributed by atoms with van der Waals surface area (Å²) < 4.78 is 5.75. The van der Waals surface area contributed by atoms with Gasteiger partial charge in [0.25, 0.3) is 0 Å². The molecule has 0 bridgehead atoms. The number of carbonyl (C=O) groups is 2. The number of hydrogen-bond donors (Lipinski definition) is 0. The highest BCUT2D eigenvalue weighted by Crippen LogP contribution is 2.59. The van der Waals surface area contributed by atoms with E-state index in [2.05, 4.69) is 37.8 Å². The van der Waals surface area contributed by atoms with Crippen LogP contribution >= 0.6 is 0 Å². The molecular formula is C28H39NO3. The molecule has 0 aromatic heterocycles. The lowest BCUT2D eigenvalue weighted by atomic mass is 9.55. The van der Waals surface area contributed by atoms with Crippen LogP contribution < -0.4 is 4.74 Å². The Labute approximate surface area is 193 Å². The third-order valence-corrected chi connectivity index (χ3v) is 9.25. The molecule has 1 aromatic carbocycles. The zero-order valence-electron chi connectivity index (χ0n) is 20.1. The molecule has 1 aliphatic heterocycles. The van der Waals surface area contributed by atoms with Crippen LogP contribution in [0.3, 0.4) is 0 Å². The number of rotatable bonds is 4. The van der Waals surface area contributed by atoms with Crippen molar-refractivity contribution in [2.75, 3.05) is 19.6 Å². The summed E-state index contributed by atoms with van der Waals surface area (Å²) in [4.78, 5) is 27.5. The maximum Gasteiger partial charge on any atom is 0.312 e. The first-order chi connectivity index (χ1) is 15.2. The number of likely N-dealkylation sites (tertiary alicyclic amines) is 1. The first-order valence-electron chi connectivity index (χ1n) is 12.8. The molecule has 4 nitrogen and oxygen atoms in total. The van der Waals surface area contributed by atoms with Crippen LogP contribution in [0.2, 0.25) is 0 Å². The lowest BCUT2D eigenvalue weighted by Crippen LogP contribution is -2.42. The minimum Gasteiger partial charge on any atom is -0.426 e. The van der Waals surface area contributed by atoms with Gasteiger partial charge < -0.3 is 9.64 Å². The highest BCUT2D eigenvalue weighted by Gasteiger charge is 2.54. The standard InChI is InChI=1S/C28H39NO3/c1-27(2)13-4-15-29(18-27)16-12-26(31)32-20-6-8-21-19(17-20)5-7-23-22(21)11-14-28(3)24(23)9-10-25(28)30/h6,8,17,22-24H,4-5,7,9-16,18H2,1-3H3/t22-,23+,24-,28-/m0/s1. The zero-order chi connectivity index (χ0) is 22.5. The van der Waals surface area contributed by atoms with E-state index in [1.54, 1.807) is 0 Å². The van der Waals surface area contributed by atoms with E-state index in [0.29, 0.717) is 41.1 Å². The van der Waals surface area contributed by atoms with Gasteiger partial charge in [0, 0.05) is 24.9 Å². The SMILES string of the molecule is CC1(C)CCCN(CCC(=O)Oc2ccc3c(c2)CC[C@@H]2[C@H]3CC[C@]3(C)C(=O)CC[C@@H]23)C1. The minimum atomic E-state index is -0.125. The van der Waals surface area contributed by atoms with E-state index >= 15 is 0 Å². The molecular weight excluding hydrogens is 398 g/mol. The van der Waals surface area contributed by atoms with Crippen molar-refractivity contribution in [3.05, 3.63) is 29.3 Å². The second kappa shape index (κ2) is 8.27. The second-order valence-electron chi connectivity index (χ2n) is 12.0. The van der Waals surface area contributed by atoms with Crippen LogP contribution in [0.4, 0.5) is 0 Å². The largest absolute Gasteiger partial charge is 0.426 e. The van der Waals surface area contributed by atoms with Gasteiger partial charge in [-0.3, -0.25) is 9.59 Å². The molecule has 3 fully saturated rings. The van der Waals surface area contributed by atoms with Crippen molar-refractivity contribution in [1.29, 1.82) is 0 Å². The normalized spacial score (nSPS) is 33.8. The summed E-state index contributed by atoms with van der Waals surface area (Å²) in [6.07, 6.45) is 9.12. The Bertz CT molecular complexity index is 906. The van der Waals surface area contributed by atoms with Gasteiger partial charge in [-0.25, -0.2) is 0 Å². The molecule has 1 saturated heterocycles. The number of fused-ring (bicyclic) bond motifs is 5. The van der Waals surface area contributed by atoms with E-state index in [-0.39, 0.29) is 11.4 Å². The average molecular weight is 438 g/mol. The molecule has 4 aliphatic rings. The summed E-state index contributed by atoms with van der Waals surface area (Å²) in [5.41, 5.74) is 3.07. The lowest BCUT2D eigenvalue weighted by Gasteiger charge is -2.48. The number of ketones is 1. The van der Waals surface area contributed by atoms with Gasteiger partial charge in [0.15, 0.2) is 0 Å². The van der Waals surface area contributed by atoms with Crippen molar-refractivity contribution >= 4 is 11.8 Å². The van der Waals surface area contributed by atoms with Gasteiger partial charge in [0.2, 0.25) is 0 Å². The third-order valence-electron chi connectivity index (χ3n) is 9.25. The quantitative estimate of drug-likeness (QED) is 0.459. The molecule has 0 N–H and O–H groups in total. The number of esters is 1. The number of piperidine rings is 1. The molecule has 174 valence electrons. The Balaban J connectivity index is 1.21. The van der Waals surface area contributed by atoms with E-state index in [4.69, 9.17) is 4.74 Å². The molecule has 2 saturated carbocycles. The predicted molar refractivity (Wildman–Crippen MR) is 126 cm³/mol. The summed E-state index contributed by atoms with van der Waals surface area (Å²) in [5, 5.41) is 0. The molecule has 4 atom stereocenters. The fourth-order valence-electron chi connectivity index (χ4n) is 7.56. The van der Waals surface area contributed by atoms with Crippen molar-refractivity contribution in [1.82, 2.24) is 4.90 Å². The Morgan fingerprint density at radius 1 is 1.12 bits per heavy atom. The van der Waals surface area contributed by atoms with Crippen LogP contribution in [0.25, 0.3) is 0 Å². The number of nitrogens with zero attached hydrogens (tertiary/aromatic N) is 1. The molecule has 0 spiro atoms. The molecule has 4 heteroatoms. The maximum atomic E-state index is 12.5. The highest BCUT2D eigenvalue weighted by molar-refractivity contribution is 5.87. The van der Waals surface area contributed by atoms with E-state index in [1.165, 1.54) is 24.0 Å². The monoisotopic (exact) mass is 437 g/mol. The Hall–Kier alpha value is -1.68. The van der Waals surface area contributed by atoms with E-state index < -0.39 is 0 Å². The molecule has 3 aliphatic carbocycles. The van der Waals surface area contributed by atoms with Crippen molar-refractivity contribution < 1.29 is 14.3 Å². The molecule has 0 radical (unpaired) electrons. The zero-order valence-corrected chi connectivity index (χ0v) is 20.1. The van der Waals surface area contributed by atoms with Gasteiger partial charge in [-0.1, -0.05) is 26.8 Å². The fourth-order valence-corrected chi connectivity index (χ4v) is 7.56. The van der Waals surface area contributed by atoms with Gasteiger partial charge in [-0.05, 0) is 97.9 Å². The topological polar surface area (TPSA) is 46.6 Å². The molecule has 0 unspecified atom stereocenters. The summed E-state index contributed by atoms with van der Waals surface area (Å²) in [6, 6.07) is 6.32. The lowest BCUT2D eigenvalue weighted by molar-refractivity contribution is -0.135. The molecule has 0 amide bonds. The summed E-state index contributed by atoms with van der Waals surface area (Å²) >= 11 is 0. The summed E-state index contributed by atoms with van der Waals surface area (Å²) in [5.74, 6) is 2.83. The van der Waals surface area contributed by atoms with Gasteiger partial charge in [-0.15, -0.1) is 0 Å². The van der Waals surface area contributed by atoms with Crippen LogP contribution in [-0.2, 0) is 16.0 Å². The van der Waals surface area contributed by atoms with E-state index in [0.717, 1.165) is 58.2 Å². The third kappa shape index (κ3) is 4.04. The van der Waals surface area contributed by atoms with Gasteiger partial charge in [-0.2, -0.15) is 0 Å². The predicted octanol–water partition coefficient (Wildman–Crippen LogP) is 5.53. The first-order valence-corrected chi connectivity index (χ1v) is 12.8. The van der Waals surface area contributed by atoms with Crippen molar-refractivity contribution in [2.24, 2.45) is 22.7 Å². The summed E-state index contributed by atoms with van der Waals surface area (Å²) in [7, 11) is 0.